The summed E-state index contributed by atoms with van der Waals surface area (Å²) in [5.41, 5.74) is -0.297. The predicted molar refractivity (Wildman–Crippen MR) is 53.5 cm³/mol. The van der Waals surface area contributed by atoms with E-state index in [9.17, 15) is 9.59 Å². The molecule has 0 unspecified atom stereocenters. The number of hydrogen-bond donors (Lipinski definition) is 2. The first-order chi connectivity index (χ1) is 7.51. The molecule has 0 aliphatic rings. The lowest BCUT2D eigenvalue weighted by molar-refractivity contribution is 0.0674. The number of ether oxygens (including phenoxy) is 2. The maximum absolute atomic E-state index is 10.9. The summed E-state index contributed by atoms with van der Waals surface area (Å²) in [6.45, 7) is 0. The molecule has 1 aromatic carbocycles. The monoisotopic (exact) mass is 226 g/mol. The number of carboxylic acids is 2. The normalized spacial score (nSPS) is 9.62. The fourth-order valence-corrected chi connectivity index (χ4v) is 1.25. The van der Waals surface area contributed by atoms with E-state index < -0.39 is 11.9 Å². The zero-order valence-corrected chi connectivity index (χ0v) is 8.68. The average Bonchev–Trinajstić information content (AvgIpc) is 2.26. The van der Waals surface area contributed by atoms with Gasteiger partial charge in [-0.2, -0.15) is 0 Å². The first kappa shape index (κ1) is 11.8. The standard InChI is InChI=1S/C10H10O6/c1-15-6-3-5(9(11)12)4-7(16-2)8(6)10(13)14/h3-4H,1-2H3,(H,11,12)(H,13,14). The zero-order valence-electron chi connectivity index (χ0n) is 8.68. The molecule has 0 aliphatic heterocycles. The number of rotatable bonds is 4. The van der Waals surface area contributed by atoms with E-state index in [0.717, 1.165) is 12.1 Å². The van der Waals surface area contributed by atoms with Gasteiger partial charge >= 0.3 is 11.9 Å². The van der Waals surface area contributed by atoms with Crippen LogP contribution in [0.4, 0.5) is 0 Å². The molecular weight excluding hydrogens is 216 g/mol. The van der Waals surface area contributed by atoms with Crippen LogP contribution in [-0.2, 0) is 0 Å². The summed E-state index contributed by atoms with van der Waals surface area (Å²) in [6, 6.07) is 2.27. The number of carboxylic acid groups (broad SMARTS) is 2. The maximum atomic E-state index is 10.9. The van der Waals surface area contributed by atoms with Crippen LogP contribution in [0, 0.1) is 0 Å². The van der Waals surface area contributed by atoms with Crippen LogP contribution < -0.4 is 9.47 Å². The Balaban J connectivity index is 3.49. The zero-order chi connectivity index (χ0) is 12.3. The minimum Gasteiger partial charge on any atom is -0.496 e. The Morgan fingerprint density at radius 3 is 1.69 bits per heavy atom. The second-order valence-corrected chi connectivity index (χ2v) is 2.87. The van der Waals surface area contributed by atoms with Gasteiger partial charge in [-0.3, -0.25) is 0 Å². The highest BCUT2D eigenvalue weighted by molar-refractivity contribution is 5.97. The third-order valence-electron chi connectivity index (χ3n) is 1.97. The molecule has 0 saturated carbocycles. The van der Waals surface area contributed by atoms with Crippen molar-refractivity contribution in [2.45, 2.75) is 0 Å². The second-order valence-electron chi connectivity index (χ2n) is 2.87. The summed E-state index contributed by atoms with van der Waals surface area (Å²) in [7, 11) is 2.51. The van der Waals surface area contributed by atoms with Gasteiger partial charge in [0.05, 0.1) is 19.8 Å². The molecule has 0 aromatic heterocycles. The lowest BCUT2D eigenvalue weighted by atomic mass is 10.1. The van der Waals surface area contributed by atoms with Crippen molar-refractivity contribution in [3.8, 4) is 11.5 Å². The van der Waals surface area contributed by atoms with Gasteiger partial charge in [0.15, 0.2) is 0 Å². The third kappa shape index (κ3) is 2.05. The summed E-state index contributed by atoms with van der Waals surface area (Å²) >= 11 is 0. The number of carbonyl (C=O) groups is 2. The van der Waals surface area contributed by atoms with Gasteiger partial charge in [0, 0.05) is 0 Å². The molecule has 0 fully saturated rings. The Hall–Kier alpha value is -2.24. The first-order valence-corrected chi connectivity index (χ1v) is 4.23. The van der Waals surface area contributed by atoms with Crippen molar-refractivity contribution in [2.75, 3.05) is 14.2 Å². The largest absolute Gasteiger partial charge is 0.496 e. The SMILES string of the molecule is COc1cc(C(=O)O)cc(OC)c1C(=O)O. The van der Waals surface area contributed by atoms with E-state index in [1.54, 1.807) is 0 Å². The van der Waals surface area contributed by atoms with Gasteiger partial charge in [0.2, 0.25) is 0 Å². The molecule has 0 aliphatic carbocycles. The van der Waals surface area contributed by atoms with E-state index in [1.807, 2.05) is 0 Å². The summed E-state index contributed by atoms with van der Waals surface area (Å²) in [4.78, 5) is 21.7. The highest BCUT2D eigenvalue weighted by Crippen LogP contribution is 2.30. The van der Waals surface area contributed by atoms with Crippen molar-refractivity contribution in [3.63, 3.8) is 0 Å². The summed E-state index contributed by atoms with van der Waals surface area (Å²) in [6.07, 6.45) is 0. The number of benzene rings is 1. The minimum absolute atomic E-state index is 0.0516. The van der Waals surface area contributed by atoms with Crippen LogP contribution in [0.2, 0.25) is 0 Å². The maximum Gasteiger partial charge on any atom is 0.343 e. The van der Waals surface area contributed by atoms with Gasteiger partial charge in [-0.05, 0) is 12.1 Å². The van der Waals surface area contributed by atoms with Crippen molar-refractivity contribution in [1.82, 2.24) is 0 Å². The van der Waals surface area contributed by atoms with Crippen LogP contribution in [0.3, 0.4) is 0 Å². The van der Waals surface area contributed by atoms with Gasteiger partial charge in [-0.25, -0.2) is 9.59 Å². The lowest BCUT2D eigenvalue weighted by Gasteiger charge is -2.10. The topological polar surface area (TPSA) is 93.1 Å². The molecule has 0 saturated heterocycles. The Kier molecular flexibility index (Phi) is 3.34. The van der Waals surface area contributed by atoms with Crippen molar-refractivity contribution >= 4 is 11.9 Å². The van der Waals surface area contributed by atoms with Gasteiger partial charge in [0.25, 0.3) is 0 Å². The number of hydrogen-bond acceptors (Lipinski definition) is 4. The average molecular weight is 226 g/mol. The van der Waals surface area contributed by atoms with Crippen LogP contribution in [-0.4, -0.2) is 36.4 Å². The molecule has 6 heteroatoms. The van der Waals surface area contributed by atoms with E-state index in [1.165, 1.54) is 14.2 Å². The Labute approximate surface area is 91.0 Å². The van der Waals surface area contributed by atoms with E-state index in [2.05, 4.69) is 0 Å². The van der Waals surface area contributed by atoms with E-state index >= 15 is 0 Å². The van der Waals surface area contributed by atoms with Crippen LogP contribution >= 0.6 is 0 Å². The molecule has 0 radical (unpaired) electrons. The summed E-state index contributed by atoms with van der Waals surface area (Å²) in [5.74, 6) is -2.53. The smallest absolute Gasteiger partial charge is 0.343 e. The quantitative estimate of drug-likeness (QED) is 0.798. The third-order valence-corrected chi connectivity index (χ3v) is 1.97. The fraction of sp³-hybridized carbons (Fsp3) is 0.200. The first-order valence-electron chi connectivity index (χ1n) is 4.23. The van der Waals surface area contributed by atoms with Gasteiger partial charge < -0.3 is 19.7 Å². The second kappa shape index (κ2) is 4.52. The van der Waals surface area contributed by atoms with E-state index in [0.29, 0.717) is 0 Å². The molecular formula is C10H10O6. The van der Waals surface area contributed by atoms with E-state index in [4.69, 9.17) is 19.7 Å². The molecule has 16 heavy (non-hydrogen) atoms. The summed E-state index contributed by atoms with van der Waals surface area (Å²) in [5, 5.41) is 17.7. The summed E-state index contributed by atoms with van der Waals surface area (Å²) < 4.78 is 9.63. The Morgan fingerprint density at radius 1 is 1.00 bits per heavy atom. The molecule has 1 aromatic rings. The Bertz CT molecular complexity index is 412. The van der Waals surface area contributed by atoms with Crippen LogP contribution in [0.15, 0.2) is 12.1 Å². The van der Waals surface area contributed by atoms with Gasteiger partial charge in [-0.15, -0.1) is 0 Å². The van der Waals surface area contributed by atoms with Crippen molar-refractivity contribution in [3.05, 3.63) is 23.3 Å². The molecule has 0 heterocycles. The molecule has 86 valence electrons. The molecule has 0 atom stereocenters. The van der Waals surface area contributed by atoms with Crippen molar-refractivity contribution in [1.29, 1.82) is 0 Å². The molecule has 6 nitrogen and oxygen atoms in total. The van der Waals surface area contributed by atoms with Crippen LogP contribution in [0.5, 0.6) is 11.5 Å². The number of aromatic carboxylic acids is 2. The minimum atomic E-state index is -1.24. The van der Waals surface area contributed by atoms with Gasteiger partial charge in [0.1, 0.15) is 17.1 Å². The highest BCUT2D eigenvalue weighted by Gasteiger charge is 2.20. The molecule has 2 N–H and O–H groups in total. The van der Waals surface area contributed by atoms with Crippen molar-refractivity contribution in [2.24, 2.45) is 0 Å². The fourth-order valence-electron chi connectivity index (χ4n) is 1.25. The van der Waals surface area contributed by atoms with E-state index in [-0.39, 0.29) is 22.6 Å². The molecule has 0 amide bonds. The van der Waals surface area contributed by atoms with Crippen molar-refractivity contribution < 1.29 is 29.3 Å². The predicted octanol–water partition coefficient (Wildman–Crippen LogP) is 1.10. The molecule has 1 rings (SSSR count). The molecule has 0 spiro atoms. The molecule has 0 bridgehead atoms. The van der Waals surface area contributed by atoms with Crippen LogP contribution in [0.25, 0.3) is 0 Å². The number of methoxy groups -OCH3 is 2. The highest BCUT2D eigenvalue weighted by atomic mass is 16.5. The van der Waals surface area contributed by atoms with Crippen LogP contribution in [0.1, 0.15) is 20.7 Å². The van der Waals surface area contributed by atoms with Gasteiger partial charge in [-0.1, -0.05) is 0 Å². The Morgan fingerprint density at radius 2 is 1.44 bits per heavy atom. The lowest BCUT2D eigenvalue weighted by Crippen LogP contribution is -2.07.